The van der Waals surface area contributed by atoms with Crippen molar-refractivity contribution in [3.05, 3.63) is 39.0 Å². The summed E-state index contributed by atoms with van der Waals surface area (Å²) in [7, 11) is 0. The number of fused-ring (bicyclic) bond motifs is 1. The van der Waals surface area contributed by atoms with Crippen LogP contribution in [0.2, 0.25) is 0 Å². The van der Waals surface area contributed by atoms with Crippen molar-refractivity contribution >= 4 is 106 Å². The molecule has 0 heterocycles. The molecule has 2 aromatic rings. The molecule has 2 aromatic carbocycles. The summed E-state index contributed by atoms with van der Waals surface area (Å²) >= 11 is 21.1. The number of benzene rings is 2. The van der Waals surface area contributed by atoms with Gasteiger partial charge in [-0.15, -0.1) is 0 Å². The zero-order chi connectivity index (χ0) is 12.0. The highest BCUT2D eigenvalue weighted by atomic mass is 79.9. The van der Waals surface area contributed by atoms with Crippen molar-refractivity contribution in [2.75, 3.05) is 0 Å². The molecule has 0 aliphatic rings. The average Bonchev–Trinajstić information content (AvgIpc) is 2.23. The molecule has 6 heteroatoms. The van der Waals surface area contributed by atoms with Crippen molar-refractivity contribution in [3.8, 4) is 0 Å². The van der Waals surface area contributed by atoms with Crippen molar-refractivity contribution < 1.29 is 0 Å². The van der Waals surface area contributed by atoms with E-state index in [9.17, 15) is 0 Å². The van der Waals surface area contributed by atoms with Gasteiger partial charge in [-0.25, -0.2) is 0 Å². The van der Waals surface area contributed by atoms with Gasteiger partial charge >= 0.3 is 0 Å². The molecule has 0 saturated heterocycles. The minimum atomic E-state index is 0.896. The Bertz CT molecular complexity index is 541. The van der Waals surface area contributed by atoms with Crippen LogP contribution in [0.25, 0.3) is 10.8 Å². The first kappa shape index (κ1) is 14.0. The summed E-state index contributed by atoms with van der Waals surface area (Å²) in [4.78, 5) is 0. The predicted octanol–water partition coefficient (Wildman–Crippen LogP) is 7.21. The molecular weight excluding hydrogens is 600 g/mol. The summed E-state index contributed by atoms with van der Waals surface area (Å²) in [6, 6.07) is 5.29. The van der Waals surface area contributed by atoms with Crippen LogP contribution in [-0.2, 0) is 0 Å². The molecular formula is C10HBr6. The van der Waals surface area contributed by atoms with Crippen LogP contribution in [0, 0.1) is 6.07 Å². The van der Waals surface area contributed by atoms with Crippen LogP contribution in [-0.4, -0.2) is 0 Å². The van der Waals surface area contributed by atoms with Crippen LogP contribution < -0.4 is 0 Å². The lowest BCUT2D eigenvalue weighted by molar-refractivity contribution is 1.53. The molecule has 0 atom stereocenters. The topological polar surface area (TPSA) is 0 Å². The maximum atomic E-state index is 3.58. The Morgan fingerprint density at radius 3 is 1.94 bits per heavy atom. The second-order valence-corrected chi connectivity index (χ2v) is 7.80. The van der Waals surface area contributed by atoms with Crippen LogP contribution in [0.1, 0.15) is 0 Å². The van der Waals surface area contributed by atoms with Gasteiger partial charge < -0.3 is 0 Å². The van der Waals surface area contributed by atoms with Crippen LogP contribution in [0.15, 0.2) is 32.9 Å². The van der Waals surface area contributed by atoms with E-state index in [1.165, 1.54) is 0 Å². The largest absolute Gasteiger partial charge is 0.0495 e. The van der Waals surface area contributed by atoms with E-state index < -0.39 is 0 Å². The predicted molar refractivity (Wildman–Crippen MR) is 89.0 cm³/mol. The highest BCUT2D eigenvalue weighted by Gasteiger charge is 2.14. The summed E-state index contributed by atoms with van der Waals surface area (Å²) in [6.45, 7) is 0. The van der Waals surface area contributed by atoms with Gasteiger partial charge in [0.1, 0.15) is 0 Å². The fraction of sp³-hybridized carbons (Fsp3) is 0. The quantitative estimate of drug-likeness (QED) is 0.281. The van der Waals surface area contributed by atoms with Crippen LogP contribution in [0.5, 0.6) is 0 Å². The Morgan fingerprint density at radius 1 is 0.750 bits per heavy atom. The second-order valence-electron chi connectivity index (χ2n) is 2.98. The third-order valence-electron chi connectivity index (χ3n) is 2.01. The Hall–Kier alpha value is 1.58. The van der Waals surface area contributed by atoms with Gasteiger partial charge in [0.25, 0.3) is 0 Å². The molecule has 0 aliphatic heterocycles. The maximum Gasteiger partial charge on any atom is 0.0472 e. The van der Waals surface area contributed by atoms with E-state index in [2.05, 4.69) is 102 Å². The Morgan fingerprint density at radius 2 is 1.31 bits per heavy atom. The van der Waals surface area contributed by atoms with Gasteiger partial charge in [-0.1, -0.05) is 0 Å². The SMILES string of the molecule is Brc1[c]c2cc(Br)c(Br)c(Br)c2c(Br)c1Br. The lowest BCUT2D eigenvalue weighted by Crippen LogP contribution is -1.84. The zero-order valence-corrected chi connectivity index (χ0v) is 16.9. The van der Waals surface area contributed by atoms with Gasteiger partial charge in [-0.2, -0.15) is 0 Å². The number of hydrogen-bond donors (Lipinski definition) is 0. The summed E-state index contributed by atoms with van der Waals surface area (Å²) in [5.41, 5.74) is 0. The molecule has 0 bridgehead atoms. The van der Waals surface area contributed by atoms with Gasteiger partial charge in [-0.3, -0.25) is 0 Å². The highest BCUT2D eigenvalue weighted by molar-refractivity contribution is 9.15. The van der Waals surface area contributed by atoms with Crippen molar-refractivity contribution in [1.29, 1.82) is 0 Å². The normalized spacial score (nSPS) is 11.1. The van der Waals surface area contributed by atoms with E-state index >= 15 is 0 Å². The van der Waals surface area contributed by atoms with E-state index in [0.717, 1.165) is 37.6 Å². The standard InChI is InChI=1S/C10HBr6/c11-4-1-3-2-5(12)8(14)10(16)6(3)9(15)7(4)13/h1H. The molecule has 0 spiro atoms. The Balaban J connectivity index is 3.03. The number of rotatable bonds is 0. The Kier molecular flexibility index (Phi) is 4.63. The molecule has 0 nitrogen and oxygen atoms in total. The minimum absolute atomic E-state index is 0.896. The third-order valence-corrected chi connectivity index (χ3v) is 8.56. The number of hydrogen-bond acceptors (Lipinski definition) is 0. The monoisotopic (exact) mass is 595 g/mol. The molecule has 0 aliphatic carbocycles. The van der Waals surface area contributed by atoms with Crippen LogP contribution in [0.3, 0.4) is 0 Å². The van der Waals surface area contributed by atoms with Gasteiger partial charge in [0, 0.05) is 38.3 Å². The van der Waals surface area contributed by atoms with Crippen LogP contribution in [0.4, 0.5) is 0 Å². The van der Waals surface area contributed by atoms with Crippen molar-refractivity contribution in [3.63, 3.8) is 0 Å². The minimum Gasteiger partial charge on any atom is -0.0495 e. The average molecular weight is 601 g/mol. The summed E-state index contributed by atoms with van der Waals surface area (Å²) < 4.78 is 5.82. The zero-order valence-electron chi connectivity index (χ0n) is 7.35. The maximum absolute atomic E-state index is 3.58. The molecule has 2 rings (SSSR count). The van der Waals surface area contributed by atoms with E-state index in [1.54, 1.807) is 0 Å². The van der Waals surface area contributed by atoms with Gasteiger partial charge in [0.2, 0.25) is 0 Å². The second kappa shape index (κ2) is 5.29. The summed E-state index contributed by atoms with van der Waals surface area (Å²) in [6.07, 6.45) is 0. The molecule has 16 heavy (non-hydrogen) atoms. The van der Waals surface area contributed by atoms with Crippen molar-refractivity contribution in [1.82, 2.24) is 0 Å². The third kappa shape index (κ3) is 2.35. The lowest BCUT2D eigenvalue weighted by Gasteiger charge is -2.10. The molecule has 1 radical (unpaired) electrons. The van der Waals surface area contributed by atoms with Gasteiger partial charge in [0.15, 0.2) is 0 Å². The first-order valence-electron chi connectivity index (χ1n) is 3.96. The molecule has 83 valence electrons. The van der Waals surface area contributed by atoms with Crippen LogP contribution >= 0.6 is 95.6 Å². The van der Waals surface area contributed by atoms with E-state index in [1.807, 2.05) is 6.07 Å². The van der Waals surface area contributed by atoms with Gasteiger partial charge in [0.05, 0.1) is 0 Å². The molecule has 0 N–H and O–H groups in total. The first-order valence-corrected chi connectivity index (χ1v) is 8.72. The first-order chi connectivity index (χ1) is 7.43. The van der Waals surface area contributed by atoms with E-state index in [0.29, 0.717) is 0 Å². The molecule has 0 unspecified atom stereocenters. The van der Waals surface area contributed by atoms with Crippen molar-refractivity contribution in [2.45, 2.75) is 0 Å². The van der Waals surface area contributed by atoms with E-state index in [-0.39, 0.29) is 0 Å². The Labute approximate surface area is 143 Å². The fourth-order valence-corrected chi connectivity index (χ4v) is 4.77. The summed E-state index contributed by atoms with van der Waals surface area (Å²) in [5, 5.41) is 2.09. The molecule has 0 fully saturated rings. The smallest absolute Gasteiger partial charge is 0.0472 e. The van der Waals surface area contributed by atoms with E-state index in [4.69, 9.17) is 0 Å². The molecule has 0 amide bonds. The number of halogens is 6. The van der Waals surface area contributed by atoms with Crippen molar-refractivity contribution in [2.24, 2.45) is 0 Å². The lowest BCUT2D eigenvalue weighted by atomic mass is 10.1. The summed E-state index contributed by atoms with van der Waals surface area (Å²) in [5.74, 6) is 0. The highest BCUT2D eigenvalue weighted by Crippen LogP contribution is 2.44. The molecule has 0 saturated carbocycles. The fourth-order valence-electron chi connectivity index (χ4n) is 1.29. The molecule has 0 aromatic heterocycles. The van der Waals surface area contributed by atoms with Gasteiger partial charge in [-0.05, 0) is 107 Å².